The molecule has 0 unspecified atom stereocenters. The SMILES string of the molecule is CC[C@H](C(=O)O)N1CCC(c2nc(C)cs2)CC1. The number of hydrogen-bond acceptors (Lipinski definition) is 4. The van der Waals surface area contributed by atoms with E-state index in [2.05, 4.69) is 15.3 Å². The summed E-state index contributed by atoms with van der Waals surface area (Å²) in [6.45, 7) is 5.70. The molecule has 0 aliphatic carbocycles. The molecule has 4 nitrogen and oxygen atoms in total. The van der Waals surface area contributed by atoms with Gasteiger partial charge in [0.15, 0.2) is 0 Å². The molecule has 1 aliphatic rings. The number of aryl methyl sites for hydroxylation is 1. The van der Waals surface area contributed by atoms with Crippen LogP contribution in [-0.4, -0.2) is 40.1 Å². The lowest BCUT2D eigenvalue weighted by Gasteiger charge is -2.34. The van der Waals surface area contributed by atoms with E-state index in [1.165, 1.54) is 5.01 Å². The number of likely N-dealkylation sites (tertiary alicyclic amines) is 1. The van der Waals surface area contributed by atoms with Crippen molar-refractivity contribution in [2.75, 3.05) is 13.1 Å². The van der Waals surface area contributed by atoms with E-state index in [1.807, 2.05) is 13.8 Å². The molecule has 2 rings (SSSR count). The van der Waals surface area contributed by atoms with Gasteiger partial charge >= 0.3 is 5.97 Å². The molecule has 2 heterocycles. The Morgan fingerprint density at radius 1 is 1.61 bits per heavy atom. The van der Waals surface area contributed by atoms with Gasteiger partial charge in [-0.2, -0.15) is 0 Å². The van der Waals surface area contributed by atoms with E-state index in [9.17, 15) is 4.79 Å². The summed E-state index contributed by atoms with van der Waals surface area (Å²) in [4.78, 5) is 17.8. The molecule has 0 amide bonds. The van der Waals surface area contributed by atoms with Crippen molar-refractivity contribution in [3.8, 4) is 0 Å². The minimum Gasteiger partial charge on any atom is -0.480 e. The predicted octanol–water partition coefficient (Wildman–Crippen LogP) is 2.49. The van der Waals surface area contributed by atoms with E-state index in [0.29, 0.717) is 12.3 Å². The first kappa shape index (κ1) is 13.5. The minimum absolute atomic E-state index is 0.316. The number of piperidine rings is 1. The molecule has 0 saturated carbocycles. The Balaban J connectivity index is 1.93. The number of carboxylic acids is 1. The summed E-state index contributed by atoms with van der Waals surface area (Å²) in [5, 5.41) is 12.5. The van der Waals surface area contributed by atoms with E-state index in [0.717, 1.165) is 31.6 Å². The van der Waals surface area contributed by atoms with Crippen LogP contribution in [0.5, 0.6) is 0 Å². The molecular weight excluding hydrogens is 248 g/mol. The van der Waals surface area contributed by atoms with E-state index >= 15 is 0 Å². The summed E-state index contributed by atoms with van der Waals surface area (Å²) in [6, 6.07) is -0.316. The molecule has 100 valence electrons. The zero-order valence-electron chi connectivity index (χ0n) is 10.9. The van der Waals surface area contributed by atoms with Gasteiger partial charge in [-0.1, -0.05) is 6.92 Å². The Morgan fingerprint density at radius 3 is 2.72 bits per heavy atom. The lowest BCUT2D eigenvalue weighted by atomic mass is 9.96. The average Bonchev–Trinajstić information content (AvgIpc) is 2.77. The van der Waals surface area contributed by atoms with Gasteiger partial charge in [-0.05, 0) is 39.3 Å². The van der Waals surface area contributed by atoms with E-state index in [1.54, 1.807) is 11.3 Å². The van der Waals surface area contributed by atoms with E-state index in [4.69, 9.17) is 5.11 Å². The highest BCUT2D eigenvalue weighted by Crippen LogP contribution is 2.31. The number of rotatable bonds is 4. The molecule has 1 fully saturated rings. The van der Waals surface area contributed by atoms with Crippen LogP contribution >= 0.6 is 11.3 Å². The quantitative estimate of drug-likeness (QED) is 0.911. The maximum atomic E-state index is 11.1. The molecule has 1 aromatic heterocycles. The largest absolute Gasteiger partial charge is 0.480 e. The van der Waals surface area contributed by atoms with Crippen molar-refractivity contribution in [1.29, 1.82) is 0 Å². The Morgan fingerprint density at radius 2 is 2.28 bits per heavy atom. The first-order chi connectivity index (χ1) is 8.61. The lowest BCUT2D eigenvalue weighted by molar-refractivity contribution is -0.143. The Bertz CT molecular complexity index is 411. The zero-order chi connectivity index (χ0) is 13.1. The molecule has 0 bridgehead atoms. The van der Waals surface area contributed by atoms with E-state index in [-0.39, 0.29) is 6.04 Å². The second-order valence-corrected chi connectivity index (χ2v) is 5.79. The van der Waals surface area contributed by atoms with Gasteiger partial charge in [-0.25, -0.2) is 4.98 Å². The predicted molar refractivity (Wildman–Crippen MR) is 72.1 cm³/mol. The first-order valence-corrected chi connectivity index (χ1v) is 7.38. The number of aromatic nitrogens is 1. The van der Waals surface area contributed by atoms with Gasteiger partial charge in [-0.3, -0.25) is 9.69 Å². The molecule has 1 N–H and O–H groups in total. The Hall–Kier alpha value is -0.940. The van der Waals surface area contributed by atoms with Crippen LogP contribution in [0.25, 0.3) is 0 Å². The van der Waals surface area contributed by atoms with Gasteiger partial charge < -0.3 is 5.11 Å². The van der Waals surface area contributed by atoms with Crippen LogP contribution in [0.1, 0.15) is 42.8 Å². The summed E-state index contributed by atoms with van der Waals surface area (Å²) in [6.07, 6.45) is 2.73. The molecular formula is C13H20N2O2S. The molecule has 1 atom stereocenters. The van der Waals surface area contributed by atoms with Crippen molar-refractivity contribution in [3.63, 3.8) is 0 Å². The maximum Gasteiger partial charge on any atom is 0.320 e. The number of thiazole rings is 1. The summed E-state index contributed by atoms with van der Waals surface area (Å²) in [5.41, 5.74) is 1.09. The average molecular weight is 268 g/mol. The highest BCUT2D eigenvalue weighted by Gasteiger charge is 2.29. The summed E-state index contributed by atoms with van der Waals surface area (Å²) in [7, 11) is 0. The Labute approximate surface area is 112 Å². The van der Waals surface area contributed by atoms with Crippen molar-refractivity contribution in [2.45, 2.75) is 45.1 Å². The molecule has 5 heteroatoms. The van der Waals surface area contributed by atoms with Crippen LogP contribution < -0.4 is 0 Å². The van der Waals surface area contributed by atoms with Crippen molar-refractivity contribution in [2.24, 2.45) is 0 Å². The lowest BCUT2D eigenvalue weighted by Crippen LogP contribution is -2.44. The maximum absolute atomic E-state index is 11.1. The van der Waals surface area contributed by atoms with Gasteiger partial charge in [0, 0.05) is 17.0 Å². The van der Waals surface area contributed by atoms with Gasteiger partial charge in [-0.15, -0.1) is 11.3 Å². The molecule has 18 heavy (non-hydrogen) atoms. The van der Waals surface area contributed by atoms with Crippen molar-refractivity contribution in [1.82, 2.24) is 9.88 Å². The third kappa shape index (κ3) is 2.90. The van der Waals surface area contributed by atoms with Crippen LogP contribution in [0.2, 0.25) is 0 Å². The fourth-order valence-corrected chi connectivity index (χ4v) is 3.58. The van der Waals surface area contributed by atoms with Crippen LogP contribution in [0.15, 0.2) is 5.38 Å². The van der Waals surface area contributed by atoms with Gasteiger partial charge in [0.2, 0.25) is 0 Å². The third-order valence-electron chi connectivity index (χ3n) is 3.63. The number of nitrogens with zero attached hydrogens (tertiary/aromatic N) is 2. The zero-order valence-corrected chi connectivity index (χ0v) is 11.7. The smallest absolute Gasteiger partial charge is 0.320 e. The normalized spacial score (nSPS) is 19.9. The second kappa shape index (κ2) is 5.80. The summed E-state index contributed by atoms with van der Waals surface area (Å²) in [5.74, 6) is -0.174. The highest BCUT2D eigenvalue weighted by atomic mass is 32.1. The molecule has 1 saturated heterocycles. The van der Waals surface area contributed by atoms with Crippen LogP contribution in [0, 0.1) is 6.92 Å². The summed E-state index contributed by atoms with van der Waals surface area (Å²) >= 11 is 1.73. The molecule has 0 radical (unpaired) electrons. The fraction of sp³-hybridized carbons (Fsp3) is 0.692. The molecule has 0 spiro atoms. The second-order valence-electron chi connectivity index (χ2n) is 4.90. The third-order valence-corrected chi connectivity index (χ3v) is 4.75. The van der Waals surface area contributed by atoms with Crippen molar-refractivity contribution < 1.29 is 9.90 Å². The van der Waals surface area contributed by atoms with Crippen LogP contribution in [0.3, 0.4) is 0 Å². The highest BCUT2D eigenvalue weighted by molar-refractivity contribution is 7.09. The molecule has 1 aliphatic heterocycles. The Kier molecular flexibility index (Phi) is 4.35. The van der Waals surface area contributed by atoms with Gasteiger partial charge in [0.1, 0.15) is 6.04 Å². The molecule has 0 aromatic carbocycles. The minimum atomic E-state index is -0.693. The topological polar surface area (TPSA) is 53.4 Å². The van der Waals surface area contributed by atoms with Crippen LogP contribution in [0.4, 0.5) is 0 Å². The number of hydrogen-bond donors (Lipinski definition) is 1. The number of aliphatic carboxylic acids is 1. The molecule has 1 aromatic rings. The van der Waals surface area contributed by atoms with E-state index < -0.39 is 5.97 Å². The van der Waals surface area contributed by atoms with Crippen LogP contribution in [-0.2, 0) is 4.79 Å². The van der Waals surface area contributed by atoms with Gasteiger partial charge in [0.05, 0.1) is 5.01 Å². The standard InChI is InChI=1S/C13H20N2O2S/c1-3-11(13(16)17)15-6-4-10(5-7-15)12-14-9(2)8-18-12/h8,10-11H,3-7H2,1-2H3,(H,16,17)/t11-/m1/s1. The monoisotopic (exact) mass is 268 g/mol. The fourth-order valence-electron chi connectivity index (χ4n) is 2.61. The summed E-state index contributed by atoms with van der Waals surface area (Å²) < 4.78 is 0. The van der Waals surface area contributed by atoms with Crippen molar-refractivity contribution >= 4 is 17.3 Å². The number of carbonyl (C=O) groups is 1. The van der Waals surface area contributed by atoms with Crippen molar-refractivity contribution in [3.05, 3.63) is 16.1 Å². The number of carboxylic acid groups (broad SMARTS) is 1. The van der Waals surface area contributed by atoms with Gasteiger partial charge in [0.25, 0.3) is 0 Å². The first-order valence-electron chi connectivity index (χ1n) is 6.50.